The van der Waals surface area contributed by atoms with E-state index in [-0.39, 0.29) is 0 Å². The van der Waals surface area contributed by atoms with Gasteiger partial charge in [0, 0.05) is 29.1 Å². The van der Waals surface area contributed by atoms with Gasteiger partial charge in [0.2, 0.25) is 0 Å². The maximum absolute atomic E-state index is 6.22. The Bertz CT molecular complexity index is 1500. The average Bonchev–Trinajstić information content (AvgIpc) is 3.46. The highest BCUT2D eigenvalue weighted by atomic mass is 16.5. The highest BCUT2D eigenvalue weighted by molar-refractivity contribution is 6.09. The lowest BCUT2D eigenvalue weighted by Gasteiger charge is -2.10. The SMILES string of the molecule is c1ccc(-n2c3ccccc3c3ccc(Oc4cccc(-n5ccnn5)c4)cc32)nc1. The van der Waals surface area contributed by atoms with Crippen molar-refractivity contribution in [2.45, 2.75) is 0 Å². The van der Waals surface area contributed by atoms with E-state index in [0.29, 0.717) is 0 Å². The summed E-state index contributed by atoms with van der Waals surface area (Å²) >= 11 is 0. The minimum absolute atomic E-state index is 0.729. The van der Waals surface area contributed by atoms with Gasteiger partial charge in [0.15, 0.2) is 0 Å². The fourth-order valence-electron chi connectivity index (χ4n) is 3.92. The van der Waals surface area contributed by atoms with E-state index in [0.717, 1.165) is 39.4 Å². The maximum atomic E-state index is 6.22. The Kier molecular flexibility index (Phi) is 3.99. The van der Waals surface area contributed by atoms with Crippen LogP contribution in [0.1, 0.15) is 0 Å². The summed E-state index contributed by atoms with van der Waals surface area (Å²) in [5.41, 5.74) is 3.05. The van der Waals surface area contributed by atoms with Crippen molar-refractivity contribution in [1.82, 2.24) is 24.5 Å². The number of benzene rings is 3. The molecular formula is C25H17N5O. The molecule has 148 valence electrons. The molecule has 3 aromatic carbocycles. The van der Waals surface area contributed by atoms with E-state index in [1.807, 2.05) is 60.8 Å². The quantitative estimate of drug-likeness (QED) is 0.387. The van der Waals surface area contributed by atoms with E-state index in [2.05, 4.69) is 50.2 Å². The summed E-state index contributed by atoms with van der Waals surface area (Å²) in [5.74, 6) is 2.36. The lowest BCUT2D eigenvalue weighted by atomic mass is 10.1. The number of aromatic nitrogens is 5. The summed E-state index contributed by atoms with van der Waals surface area (Å²) in [7, 11) is 0. The zero-order valence-electron chi connectivity index (χ0n) is 16.5. The first-order valence-corrected chi connectivity index (χ1v) is 9.96. The molecule has 0 fully saturated rings. The first-order valence-electron chi connectivity index (χ1n) is 9.96. The number of hydrogen-bond donors (Lipinski definition) is 0. The molecule has 0 bridgehead atoms. The molecule has 0 aliphatic heterocycles. The van der Waals surface area contributed by atoms with Crippen molar-refractivity contribution in [2.24, 2.45) is 0 Å². The van der Waals surface area contributed by atoms with Crippen LogP contribution in [-0.2, 0) is 0 Å². The molecule has 6 nitrogen and oxygen atoms in total. The Morgan fingerprint density at radius 1 is 0.677 bits per heavy atom. The van der Waals surface area contributed by atoms with Crippen molar-refractivity contribution in [3.05, 3.63) is 104 Å². The van der Waals surface area contributed by atoms with Gasteiger partial charge >= 0.3 is 0 Å². The Labute approximate surface area is 178 Å². The third kappa shape index (κ3) is 3.02. The van der Waals surface area contributed by atoms with Crippen LogP contribution in [0.5, 0.6) is 11.5 Å². The summed E-state index contributed by atoms with van der Waals surface area (Å²) in [5, 5.41) is 10.3. The Hall–Kier alpha value is -4.45. The molecule has 6 heteroatoms. The maximum Gasteiger partial charge on any atom is 0.137 e. The van der Waals surface area contributed by atoms with Crippen LogP contribution < -0.4 is 4.74 Å². The van der Waals surface area contributed by atoms with Gasteiger partial charge in [-0.05, 0) is 42.5 Å². The fourth-order valence-corrected chi connectivity index (χ4v) is 3.92. The fraction of sp³-hybridized carbons (Fsp3) is 0. The smallest absolute Gasteiger partial charge is 0.137 e. The molecule has 0 unspecified atom stereocenters. The van der Waals surface area contributed by atoms with Crippen LogP contribution in [0.25, 0.3) is 33.3 Å². The number of nitrogens with zero attached hydrogens (tertiary/aromatic N) is 5. The van der Waals surface area contributed by atoms with Gasteiger partial charge in [-0.15, -0.1) is 5.10 Å². The monoisotopic (exact) mass is 403 g/mol. The van der Waals surface area contributed by atoms with Crippen LogP contribution in [0.2, 0.25) is 0 Å². The van der Waals surface area contributed by atoms with Gasteiger partial charge in [-0.25, -0.2) is 9.67 Å². The van der Waals surface area contributed by atoms with E-state index in [9.17, 15) is 0 Å². The molecule has 0 N–H and O–H groups in total. The molecule has 0 radical (unpaired) electrons. The molecule has 6 rings (SSSR count). The van der Waals surface area contributed by atoms with Gasteiger partial charge < -0.3 is 4.74 Å². The molecule has 0 saturated heterocycles. The number of ether oxygens (including phenoxy) is 1. The molecule has 3 heterocycles. The number of para-hydroxylation sites is 1. The molecule has 0 atom stereocenters. The highest BCUT2D eigenvalue weighted by Gasteiger charge is 2.13. The number of pyridine rings is 1. The third-order valence-corrected chi connectivity index (χ3v) is 5.26. The summed E-state index contributed by atoms with van der Waals surface area (Å²) in [6, 6.07) is 28.2. The molecule has 0 aliphatic rings. The van der Waals surface area contributed by atoms with Crippen molar-refractivity contribution in [2.75, 3.05) is 0 Å². The summed E-state index contributed by atoms with van der Waals surface area (Å²) in [4.78, 5) is 4.58. The Morgan fingerprint density at radius 3 is 2.42 bits per heavy atom. The molecule has 0 spiro atoms. The topological polar surface area (TPSA) is 57.8 Å². The van der Waals surface area contributed by atoms with Gasteiger partial charge in [0.1, 0.15) is 17.3 Å². The van der Waals surface area contributed by atoms with E-state index in [4.69, 9.17) is 4.74 Å². The molecule has 0 aliphatic carbocycles. The molecule has 0 saturated carbocycles. The van der Waals surface area contributed by atoms with Gasteiger partial charge in [0.05, 0.1) is 29.1 Å². The first-order chi connectivity index (χ1) is 15.4. The highest BCUT2D eigenvalue weighted by Crippen LogP contribution is 2.34. The first kappa shape index (κ1) is 17.4. The lowest BCUT2D eigenvalue weighted by molar-refractivity contribution is 0.482. The van der Waals surface area contributed by atoms with E-state index in [1.165, 1.54) is 5.39 Å². The third-order valence-electron chi connectivity index (χ3n) is 5.26. The molecule has 31 heavy (non-hydrogen) atoms. The molecular weight excluding hydrogens is 386 g/mol. The number of fused-ring (bicyclic) bond motifs is 3. The standard InChI is InChI=1S/C25H17N5O/c1-2-9-23-21(8-1)22-12-11-20(17-24(22)30(23)25-10-3-4-13-26-25)31-19-7-5-6-18(16-19)29-15-14-27-28-29/h1-17H. The average molecular weight is 403 g/mol. The predicted octanol–water partition coefficient (Wildman–Crippen LogP) is 5.55. The second-order valence-electron chi connectivity index (χ2n) is 7.17. The number of rotatable bonds is 4. The van der Waals surface area contributed by atoms with E-state index < -0.39 is 0 Å². The van der Waals surface area contributed by atoms with Gasteiger partial charge in [-0.1, -0.05) is 35.5 Å². The van der Waals surface area contributed by atoms with E-state index in [1.54, 1.807) is 17.1 Å². The van der Waals surface area contributed by atoms with Crippen LogP contribution in [0.3, 0.4) is 0 Å². The van der Waals surface area contributed by atoms with Crippen LogP contribution in [0.4, 0.5) is 0 Å². The normalized spacial score (nSPS) is 11.2. The molecule has 0 amide bonds. The zero-order chi connectivity index (χ0) is 20.6. The number of hydrogen-bond acceptors (Lipinski definition) is 4. The van der Waals surface area contributed by atoms with Gasteiger partial charge in [-0.2, -0.15) is 0 Å². The van der Waals surface area contributed by atoms with Crippen molar-refractivity contribution in [3.8, 4) is 23.0 Å². The molecule has 6 aromatic rings. The predicted molar refractivity (Wildman–Crippen MR) is 120 cm³/mol. The van der Waals surface area contributed by atoms with Crippen molar-refractivity contribution in [1.29, 1.82) is 0 Å². The van der Waals surface area contributed by atoms with Crippen molar-refractivity contribution >= 4 is 21.8 Å². The van der Waals surface area contributed by atoms with E-state index >= 15 is 0 Å². The van der Waals surface area contributed by atoms with Crippen LogP contribution in [0, 0.1) is 0 Å². The van der Waals surface area contributed by atoms with Gasteiger partial charge in [-0.3, -0.25) is 4.57 Å². The van der Waals surface area contributed by atoms with Crippen molar-refractivity contribution in [3.63, 3.8) is 0 Å². The summed E-state index contributed by atoms with van der Waals surface area (Å²) in [6.45, 7) is 0. The second-order valence-corrected chi connectivity index (χ2v) is 7.17. The second kappa shape index (κ2) is 7.11. The Morgan fingerprint density at radius 2 is 1.55 bits per heavy atom. The summed E-state index contributed by atoms with van der Waals surface area (Å²) < 4.78 is 10.1. The summed E-state index contributed by atoms with van der Waals surface area (Å²) in [6.07, 6.45) is 5.26. The van der Waals surface area contributed by atoms with Crippen molar-refractivity contribution < 1.29 is 4.74 Å². The lowest BCUT2D eigenvalue weighted by Crippen LogP contribution is -1.97. The van der Waals surface area contributed by atoms with Gasteiger partial charge in [0.25, 0.3) is 0 Å². The molecule has 3 aromatic heterocycles. The zero-order valence-corrected chi connectivity index (χ0v) is 16.5. The minimum Gasteiger partial charge on any atom is -0.457 e. The Balaban J connectivity index is 1.48. The van der Waals surface area contributed by atoms with Crippen LogP contribution in [0.15, 0.2) is 104 Å². The minimum atomic E-state index is 0.729. The largest absolute Gasteiger partial charge is 0.457 e. The van der Waals surface area contributed by atoms with Crippen LogP contribution in [-0.4, -0.2) is 24.5 Å². The van der Waals surface area contributed by atoms with Crippen LogP contribution >= 0.6 is 0 Å².